The number of nitrogens with zero attached hydrogens (tertiary/aromatic N) is 3. The van der Waals surface area contributed by atoms with Crippen LogP contribution in [0, 0.1) is 5.92 Å². The van der Waals surface area contributed by atoms with Gasteiger partial charge in [-0.3, -0.25) is 24.4 Å². The highest BCUT2D eigenvalue weighted by Gasteiger charge is 2.32. The van der Waals surface area contributed by atoms with Crippen molar-refractivity contribution in [2.75, 3.05) is 46.2 Å². The lowest BCUT2D eigenvalue weighted by Gasteiger charge is -2.33. The summed E-state index contributed by atoms with van der Waals surface area (Å²) in [7, 11) is 4.83. The van der Waals surface area contributed by atoms with E-state index in [-0.39, 0.29) is 23.4 Å². The molecule has 1 aromatic carbocycles. The number of dihydropyridines is 1. The van der Waals surface area contributed by atoms with Crippen molar-refractivity contribution < 1.29 is 14.3 Å². The minimum Gasteiger partial charge on any atom is -0.453 e. The van der Waals surface area contributed by atoms with Gasteiger partial charge in [-0.25, -0.2) is 4.79 Å². The van der Waals surface area contributed by atoms with Crippen molar-refractivity contribution in [2.24, 2.45) is 5.92 Å². The Balaban J connectivity index is 1.25. The van der Waals surface area contributed by atoms with Crippen LogP contribution in [0.2, 0.25) is 0 Å². The van der Waals surface area contributed by atoms with E-state index < -0.39 is 6.09 Å². The van der Waals surface area contributed by atoms with Crippen LogP contribution >= 0.6 is 0 Å². The Kier molecular flexibility index (Phi) is 8.17. The second kappa shape index (κ2) is 11.8. The van der Waals surface area contributed by atoms with E-state index in [1.807, 2.05) is 12.1 Å². The number of amides is 2. The highest BCUT2D eigenvalue weighted by atomic mass is 16.5. The molecule has 0 saturated carbocycles. The number of likely N-dealkylation sites (tertiary alicyclic amines) is 1. The van der Waals surface area contributed by atoms with Crippen molar-refractivity contribution in [2.45, 2.75) is 38.6 Å². The van der Waals surface area contributed by atoms with Gasteiger partial charge in [-0.1, -0.05) is 19.1 Å². The monoisotopic (exact) mass is 557 g/mol. The Morgan fingerprint density at radius 3 is 2.44 bits per heavy atom. The number of aromatic nitrogens is 1. The van der Waals surface area contributed by atoms with Crippen molar-refractivity contribution in [1.29, 1.82) is 0 Å². The highest BCUT2D eigenvalue weighted by Crippen LogP contribution is 2.39. The van der Waals surface area contributed by atoms with Crippen molar-refractivity contribution in [3.05, 3.63) is 93.1 Å². The molecule has 0 spiro atoms. The zero-order valence-corrected chi connectivity index (χ0v) is 24.4. The number of allylic oxidation sites excluding steroid dienone is 4. The van der Waals surface area contributed by atoms with Crippen molar-refractivity contribution in [1.82, 2.24) is 19.7 Å². The van der Waals surface area contributed by atoms with Crippen LogP contribution in [0.25, 0.3) is 5.70 Å². The molecule has 2 aliphatic heterocycles. The van der Waals surface area contributed by atoms with Gasteiger partial charge in [-0.15, -0.1) is 0 Å². The first-order valence-electron chi connectivity index (χ1n) is 14.2. The fourth-order valence-corrected chi connectivity index (χ4v) is 5.99. The van der Waals surface area contributed by atoms with E-state index in [1.54, 1.807) is 35.8 Å². The van der Waals surface area contributed by atoms with Crippen molar-refractivity contribution in [3.8, 4) is 0 Å². The molecule has 1 aromatic heterocycles. The minimum absolute atomic E-state index is 0.0287. The maximum absolute atomic E-state index is 13.1. The molecule has 2 atom stereocenters. The van der Waals surface area contributed by atoms with Crippen LogP contribution < -0.4 is 16.2 Å². The van der Waals surface area contributed by atoms with Gasteiger partial charge in [0.15, 0.2) is 0 Å². The predicted octanol–water partition coefficient (Wildman–Crippen LogP) is 4.27. The number of anilines is 1. The van der Waals surface area contributed by atoms with Gasteiger partial charge < -0.3 is 15.0 Å². The largest absolute Gasteiger partial charge is 0.453 e. The number of carbonyl (C=O) groups excluding carboxylic acids is 2. The summed E-state index contributed by atoms with van der Waals surface area (Å²) in [6.07, 6.45) is 7.56. The lowest BCUT2D eigenvalue weighted by Crippen LogP contribution is -2.36. The molecular weight excluding hydrogens is 518 g/mol. The Labute approximate surface area is 241 Å². The van der Waals surface area contributed by atoms with Crippen LogP contribution in [-0.2, 0) is 4.74 Å². The van der Waals surface area contributed by atoms with Crippen LogP contribution in [0.1, 0.15) is 48.5 Å². The minimum atomic E-state index is -0.613. The summed E-state index contributed by atoms with van der Waals surface area (Å²) in [5.41, 5.74) is 6.59. The maximum atomic E-state index is 13.1. The molecule has 2 aromatic rings. The third-order valence-electron chi connectivity index (χ3n) is 8.32. The standard InChI is InChI=1S/C32H39N5O4/c1-20-16-28(37-15-12-26(18-29(37)38)34-32(40)41-5)27-17-25(21(2)30(27)33-20)19-36-13-10-23(11-14-36)22-6-8-24(9-7-22)31(39)35(3)4/h6-9,12,15-18,20-21,23,33H,10-11,13-14,19H2,1-5H3,(H,34,40). The summed E-state index contributed by atoms with van der Waals surface area (Å²) in [6.45, 7) is 7.22. The molecule has 3 aliphatic rings. The molecule has 216 valence electrons. The van der Waals surface area contributed by atoms with Crippen LogP contribution in [0.15, 0.2) is 76.4 Å². The van der Waals surface area contributed by atoms with Gasteiger partial charge in [0.1, 0.15) is 0 Å². The molecule has 41 heavy (non-hydrogen) atoms. The van der Waals surface area contributed by atoms with Gasteiger partial charge in [-0.05, 0) is 80.3 Å². The Morgan fingerprint density at radius 1 is 1.10 bits per heavy atom. The molecule has 0 radical (unpaired) electrons. The number of methoxy groups -OCH3 is 1. The molecule has 1 fully saturated rings. The Bertz CT molecular complexity index is 1480. The lowest BCUT2D eigenvalue weighted by atomic mass is 9.88. The SMILES string of the molecule is COC(=O)Nc1ccn(C2=CC(C)NC3=C2C=C(CN2CCC(c4ccc(C(=O)N(C)C)cc4)CC2)C3C)c(=O)c1. The average Bonchev–Trinajstić information content (AvgIpc) is 3.27. The number of piperidine rings is 1. The number of carbonyl (C=O) groups is 2. The third-order valence-corrected chi connectivity index (χ3v) is 8.32. The van der Waals surface area contributed by atoms with E-state index in [2.05, 4.69) is 58.4 Å². The quantitative estimate of drug-likeness (QED) is 0.551. The van der Waals surface area contributed by atoms with E-state index >= 15 is 0 Å². The van der Waals surface area contributed by atoms with Gasteiger partial charge in [0, 0.05) is 61.7 Å². The number of pyridine rings is 1. The number of ether oxygens (including phenoxy) is 1. The molecule has 2 N–H and O–H groups in total. The smallest absolute Gasteiger partial charge is 0.411 e. The highest BCUT2D eigenvalue weighted by molar-refractivity contribution is 5.93. The third kappa shape index (κ3) is 6.00. The summed E-state index contributed by atoms with van der Waals surface area (Å²) < 4.78 is 6.28. The van der Waals surface area contributed by atoms with E-state index in [0.29, 0.717) is 11.6 Å². The summed E-state index contributed by atoms with van der Waals surface area (Å²) in [5.74, 6) is 0.754. The van der Waals surface area contributed by atoms with Crippen LogP contribution in [0.3, 0.4) is 0 Å². The molecule has 0 bridgehead atoms. The zero-order chi connectivity index (χ0) is 29.3. The van der Waals surface area contributed by atoms with Gasteiger partial charge in [0.2, 0.25) is 0 Å². The fourth-order valence-electron chi connectivity index (χ4n) is 5.99. The Hall–Kier alpha value is -4.11. The van der Waals surface area contributed by atoms with Gasteiger partial charge in [0.25, 0.3) is 11.5 Å². The normalized spacial score (nSPS) is 21.0. The number of benzene rings is 1. The molecule has 9 heteroatoms. The molecule has 9 nitrogen and oxygen atoms in total. The lowest BCUT2D eigenvalue weighted by molar-refractivity contribution is 0.0827. The molecular formula is C32H39N5O4. The van der Waals surface area contributed by atoms with Crippen LogP contribution in [0.4, 0.5) is 10.5 Å². The first-order chi connectivity index (χ1) is 19.6. The maximum Gasteiger partial charge on any atom is 0.411 e. The number of hydrogen-bond donors (Lipinski definition) is 2. The average molecular weight is 558 g/mol. The predicted molar refractivity (Wildman–Crippen MR) is 161 cm³/mol. The van der Waals surface area contributed by atoms with Crippen molar-refractivity contribution in [3.63, 3.8) is 0 Å². The van der Waals surface area contributed by atoms with Crippen LogP contribution in [0.5, 0.6) is 0 Å². The van der Waals surface area contributed by atoms with Gasteiger partial charge in [0.05, 0.1) is 18.5 Å². The first kappa shape index (κ1) is 28.4. The molecule has 3 heterocycles. The molecule has 1 saturated heterocycles. The summed E-state index contributed by atoms with van der Waals surface area (Å²) in [5, 5.41) is 6.17. The number of nitrogens with one attached hydrogen (secondary N) is 2. The van der Waals surface area contributed by atoms with Gasteiger partial charge in [-0.2, -0.15) is 0 Å². The molecule has 1 aliphatic carbocycles. The second-order valence-corrected chi connectivity index (χ2v) is 11.4. The topological polar surface area (TPSA) is 95.9 Å². The molecule has 2 amide bonds. The summed E-state index contributed by atoms with van der Waals surface area (Å²) in [4.78, 5) is 41.0. The molecule has 5 rings (SSSR count). The van der Waals surface area contributed by atoms with E-state index in [4.69, 9.17) is 0 Å². The van der Waals surface area contributed by atoms with Crippen LogP contribution in [-0.4, -0.2) is 73.2 Å². The fraction of sp³-hybridized carbons (Fsp3) is 0.406. The summed E-state index contributed by atoms with van der Waals surface area (Å²) in [6, 6.07) is 11.3. The first-order valence-corrected chi connectivity index (χ1v) is 14.2. The summed E-state index contributed by atoms with van der Waals surface area (Å²) >= 11 is 0. The van der Waals surface area contributed by atoms with Gasteiger partial charge >= 0.3 is 6.09 Å². The van der Waals surface area contributed by atoms with Crippen molar-refractivity contribution >= 4 is 23.4 Å². The second-order valence-electron chi connectivity index (χ2n) is 11.4. The van der Waals surface area contributed by atoms with E-state index in [9.17, 15) is 14.4 Å². The number of hydrogen-bond acceptors (Lipinski definition) is 6. The zero-order valence-electron chi connectivity index (χ0n) is 24.4. The Morgan fingerprint density at radius 2 is 1.80 bits per heavy atom. The van der Waals surface area contributed by atoms with E-state index in [0.717, 1.165) is 55.0 Å². The van der Waals surface area contributed by atoms with E-state index in [1.165, 1.54) is 24.3 Å². The molecule has 2 unspecified atom stereocenters. The number of rotatable bonds is 6.